The third-order valence-electron chi connectivity index (χ3n) is 2.63. The second kappa shape index (κ2) is 4.41. The Morgan fingerprint density at radius 1 is 1.47 bits per heavy atom. The number of hydrogen-bond acceptors (Lipinski definition) is 4. The van der Waals surface area contributed by atoms with Crippen molar-refractivity contribution in [3.05, 3.63) is 34.9 Å². The predicted octanol–water partition coefficient (Wildman–Crippen LogP) is 1.93. The van der Waals surface area contributed by atoms with Gasteiger partial charge in [0.15, 0.2) is 5.78 Å². The number of aromatic hydroxyl groups is 1. The molecule has 4 heteroatoms. The average Bonchev–Trinajstić information content (AvgIpc) is 2.67. The van der Waals surface area contributed by atoms with Crippen LogP contribution in [-0.2, 0) is 9.53 Å². The highest BCUT2D eigenvalue weighted by atomic mass is 16.5. The van der Waals surface area contributed by atoms with E-state index in [0.717, 1.165) is 0 Å². The van der Waals surface area contributed by atoms with Gasteiger partial charge in [0.1, 0.15) is 5.75 Å². The second-order valence-corrected chi connectivity index (χ2v) is 3.89. The minimum atomic E-state index is -0.363. The largest absolute Gasteiger partial charge is 0.507 e. The van der Waals surface area contributed by atoms with Crippen LogP contribution in [0.4, 0.5) is 0 Å². The molecular formula is C13H12O4. The normalized spacial score (nSPS) is 17.2. The number of benzene rings is 1. The van der Waals surface area contributed by atoms with Gasteiger partial charge in [0.25, 0.3) is 0 Å². The van der Waals surface area contributed by atoms with Crippen molar-refractivity contribution < 1.29 is 19.4 Å². The summed E-state index contributed by atoms with van der Waals surface area (Å²) in [6.45, 7) is 1.82. The van der Waals surface area contributed by atoms with E-state index < -0.39 is 0 Å². The fraction of sp³-hybridized carbons (Fsp3) is 0.231. The molecule has 1 aromatic rings. The molecule has 1 fully saturated rings. The molecule has 1 heterocycles. The average molecular weight is 232 g/mol. The van der Waals surface area contributed by atoms with Crippen molar-refractivity contribution in [3.63, 3.8) is 0 Å². The minimum absolute atomic E-state index is 0.0437. The van der Waals surface area contributed by atoms with Crippen LogP contribution in [0.5, 0.6) is 5.75 Å². The molecule has 0 bridgehead atoms. The van der Waals surface area contributed by atoms with Crippen molar-refractivity contribution in [2.45, 2.75) is 13.3 Å². The number of carbonyl (C=O) groups is 2. The first-order chi connectivity index (χ1) is 8.08. The zero-order valence-electron chi connectivity index (χ0n) is 9.40. The lowest BCUT2D eigenvalue weighted by Crippen LogP contribution is -1.96. The topological polar surface area (TPSA) is 63.6 Å². The summed E-state index contributed by atoms with van der Waals surface area (Å²) < 4.78 is 4.80. The van der Waals surface area contributed by atoms with Crippen molar-refractivity contribution in [2.75, 3.05) is 6.61 Å². The lowest BCUT2D eigenvalue weighted by atomic mass is 10.0. The van der Waals surface area contributed by atoms with Crippen molar-refractivity contribution >= 4 is 17.8 Å². The molecule has 1 aliphatic rings. The van der Waals surface area contributed by atoms with E-state index >= 15 is 0 Å². The standard InChI is InChI=1S/C13H12O4/c1-8(14)9-2-3-12(15)11(6-9)7-10-4-5-17-13(10)16/h2-3,6-7,15H,4-5H2,1H3/b10-7+. The van der Waals surface area contributed by atoms with Crippen LogP contribution >= 0.6 is 0 Å². The maximum atomic E-state index is 11.3. The molecule has 0 unspecified atom stereocenters. The summed E-state index contributed by atoms with van der Waals surface area (Å²) >= 11 is 0. The summed E-state index contributed by atoms with van der Waals surface area (Å²) in [6, 6.07) is 4.56. The smallest absolute Gasteiger partial charge is 0.334 e. The third-order valence-corrected chi connectivity index (χ3v) is 2.63. The summed E-state index contributed by atoms with van der Waals surface area (Å²) in [6.07, 6.45) is 2.10. The Balaban J connectivity index is 2.41. The predicted molar refractivity (Wildman–Crippen MR) is 61.7 cm³/mol. The van der Waals surface area contributed by atoms with E-state index in [1.807, 2.05) is 0 Å². The zero-order valence-corrected chi connectivity index (χ0v) is 9.40. The van der Waals surface area contributed by atoms with Crippen LogP contribution in [0, 0.1) is 0 Å². The SMILES string of the molecule is CC(=O)c1ccc(O)c(/C=C2\CCOC2=O)c1. The number of esters is 1. The maximum absolute atomic E-state index is 11.3. The first-order valence-corrected chi connectivity index (χ1v) is 5.29. The van der Waals surface area contributed by atoms with Crippen molar-refractivity contribution in [1.29, 1.82) is 0 Å². The summed E-state index contributed by atoms with van der Waals surface area (Å²) in [5.41, 5.74) is 1.48. The van der Waals surface area contributed by atoms with Crippen molar-refractivity contribution in [1.82, 2.24) is 0 Å². The molecule has 1 N–H and O–H groups in total. The van der Waals surface area contributed by atoms with Crippen LogP contribution in [0.1, 0.15) is 29.3 Å². The molecule has 0 saturated carbocycles. The van der Waals surface area contributed by atoms with Crippen LogP contribution in [0.3, 0.4) is 0 Å². The van der Waals surface area contributed by atoms with Gasteiger partial charge in [0.2, 0.25) is 0 Å². The Labute approximate surface area is 98.5 Å². The van der Waals surface area contributed by atoms with Gasteiger partial charge in [-0.05, 0) is 31.2 Å². The van der Waals surface area contributed by atoms with Gasteiger partial charge in [-0.25, -0.2) is 4.79 Å². The molecule has 4 nitrogen and oxygen atoms in total. The van der Waals surface area contributed by atoms with E-state index in [9.17, 15) is 14.7 Å². The molecule has 0 spiro atoms. The van der Waals surface area contributed by atoms with Crippen LogP contribution in [0.15, 0.2) is 23.8 Å². The third kappa shape index (κ3) is 2.36. The molecule has 1 aromatic carbocycles. The highest BCUT2D eigenvalue weighted by molar-refractivity contribution is 5.97. The van der Waals surface area contributed by atoms with Crippen LogP contribution < -0.4 is 0 Å². The molecule has 2 rings (SSSR count). The number of phenolic OH excluding ortho intramolecular Hbond substituents is 1. The Bertz CT molecular complexity index is 514. The highest BCUT2D eigenvalue weighted by Crippen LogP contribution is 2.24. The monoisotopic (exact) mass is 232 g/mol. The Hall–Kier alpha value is -2.10. The quantitative estimate of drug-likeness (QED) is 0.480. The second-order valence-electron chi connectivity index (χ2n) is 3.89. The summed E-state index contributed by atoms with van der Waals surface area (Å²) in [7, 11) is 0. The molecule has 0 aromatic heterocycles. The number of ketones is 1. The Morgan fingerprint density at radius 3 is 2.82 bits per heavy atom. The van der Waals surface area contributed by atoms with E-state index in [4.69, 9.17) is 4.74 Å². The maximum Gasteiger partial charge on any atom is 0.334 e. The van der Waals surface area contributed by atoms with Gasteiger partial charge >= 0.3 is 5.97 Å². The molecule has 1 saturated heterocycles. The van der Waals surface area contributed by atoms with E-state index in [1.54, 1.807) is 18.2 Å². The van der Waals surface area contributed by atoms with E-state index in [1.165, 1.54) is 13.0 Å². The van der Waals surface area contributed by atoms with Crippen molar-refractivity contribution in [3.8, 4) is 5.75 Å². The minimum Gasteiger partial charge on any atom is -0.507 e. The number of carbonyl (C=O) groups excluding carboxylic acids is 2. The van der Waals surface area contributed by atoms with Gasteiger partial charge in [-0.15, -0.1) is 0 Å². The number of hydrogen-bond donors (Lipinski definition) is 1. The van der Waals surface area contributed by atoms with E-state index in [2.05, 4.69) is 0 Å². The van der Waals surface area contributed by atoms with Gasteiger partial charge in [-0.1, -0.05) is 0 Å². The number of Topliss-reactive ketones (excluding diaryl/α,β-unsaturated/α-hetero) is 1. The van der Waals surface area contributed by atoms with Gasteiger partial charge in [0.05, 0.1) is 6.61 Å². The highest BCUT2D eigenvalue weighted by Gasteiger charge is 2.19. The Morgan fingerprint density at radius 2 is 2.24 bits per heavy atom. The first-order valence-electron chi connectivity index (χ1n) is 5.29. The fourth-order valence-corrected chi connectivity index (χ4v) is 1.66. The number of rotatable bonds is 2. The van der Waals surface area contributed by atoms with E-state index in [-0.39, 0.29) is 17.5 Å². The molecule has 0 aliphatic carbocycles. The number of ether oxygens (including phenoxy) is 1. The summed E-state index contributed by atoms with van der Waals surface area (Å²) in [5.74, 6) is -0.404. The lowest BCUT2D eigenvalue weighted by Gasteiger charge is -2.02. The molecule has 0 amide bonds. The number of cyclic esters (lactones) is 1. The van der Waals surface area contributed by atoms with Crippen molar-refractivity contribution in [2.24, 2.45) is 0 Å². The first kappa shape index (κ1) is 11.4. The van der Waals surface area contributed by atoms with Gasteiger partial charge < -0.3 is 9.84 Å². The molecule has 0 radical (unpaired) electrons. The van der Waals surface area contributed by atoms with Crippen LogP contribution in [0.2, 0.25) is 0 Å². The van der Waals surface area contributed by atoms with Crippen LogP contribution in [0.25, 0.3) is 6.08 Å². The molecular weight excluding hydrogens is 220 g/mol. The Kier molecular flexibility index (Phi) is 2.95. The zero-order chi connectivity index (χ0) is 12.4. The number of phenols is 1. The van der Waals surface area contributed by atoms with E-state index in [0.29, 0.717) is 29.7 Å². The van der Waals surface area contributed by atoms with Crippen LogP contribution in [-0.4, -0.2) is 23.5 Å². The van der Waals surface area contributed by atoms with Gasteiger partial charge in [-0.3, -0.25) is 4.79 Å². The molecule has 88 valence electrons. The summed E-state index contributed by atoms with van der Waals surface area (Å²) in [4.78, 5) is 22.5. The molecule has 0 atom stereocenters. The summed E-state index contributed by atoms with van der Waals surface area (Å²) in [5, 5.41) is 9.66. The fourth-order valence-electron chi connectivity index (χ4n) is 1.66. The molecule has 17 heavy (non-hydrogen) atoms. The van der Waals surface area contributed by atoms with Gasteiger partial charge in [-0.2, -0.15) is 0 Å². The van der Waals surface area contributed by atoms with Gasteiger partial charge in [0, 0.05) is 23.1 Å². The molecule has 1 aliphatic heterocycles. The lowest BCUT2D eigenvalue weighted by molar-refractivity contribution is -0.134.